The molecule has 0 unspecified atom stereocenters. The quantitative estimate of drug-likeness (QED) is 0.664. The summed E-state index contributed by atoms with van der Waals surface area (Å²) >= 11 is 0. The molecule has 0 fully saturated rings. The monoisotopic (exact) mass is 290 g/mol. The van der Waals surface area contributed by atoms with Crippen molar-refractivity contribution in [3.8, 4) is 17.4 Å². The number of nitrogen functional groups attached to an aromatic ring is 1. The third-order valence-electron chi connectivity index (χ3n) is 2.56. The Bertz CT molecular complexity index is 675. The number of nitrogens with zero attached hydrogens (tertiary/aromatic N) is 3. The molecule has 1 heterocycles. The first-order chi connectivity index (χ1) is 10.0. The van der Waals surface area contributed by atoms with Crippen molar-refractivity contribution in [2.75, 3.05) is 12.3 Å². The summed E-state index contributed by atoms with van der Waals surface area (Å²) in [7, 11) is 0. The number of nitro groups is 1. The highest BCUT2D eigenvalue weighted by Crippen LogP contribution is 2.33. The molecule has 0 aliphatic carbocycles. The van der Waals surface area contributed by atoms with Gasteiger partial charge in [-0.25, -0.2) is 4.98 Å². The second kappa shape index (κ2) is 6.04. The molecule has 2 rings (SSSR count). The number of hydrogen-bond donors (Lipinski definition) is 1. The molecule has 0 aliphatic heterocycles. The van der Waals surface area contributed by atoms with Gasteiger partial charge in [-0.1, -0.05) is 6.07 Å². The molecule has 2 aromatic rings. The fourth-order valence-corrected chi connectivity index (χ4v) is 1.75. The molecule has 110 valence electrons. The van der Waals surface area contributed by atoms with Gasteiger partial charge in [0.1, 0.15) is 17.2 Å². The van der Waals surface area contributed by atoms with E-state index in [1.807, 2.05) is 6.92 Å². The molecule has 1 aromatic carbocycles. The van der Waals surface area contributed by atoms with Gasteiger partial charge in [0.05, 0.1) is 11.5 Å². The number of ether oxygens (including phenoxy) is 2. The average molecular weight is 290 g/mol. The van der Waals surface area contributed by atoms with Crippen molar-refractivity contribution in [2.24, 2.45) is 0 Å². The second-order valence-corrected chi connectivity index (χ2v) is 4.09. The van der Waals surface area contributed by atoms with Crippen molar-refractivity contribution >= 4 is 11.6 Å². The van der Waals surface area contributed by atoms with Gasteiger partial charge in [0.2, 0.25) is 5.95 Å². The molecule has 0 bridgehead atoms. The zero-order valence-electron chi connectivity index (χ0n) is 11.6. The molecule has 1 aromatic heterocycles. The maximum atomic E-state index is 11.1. The van der Waals surface area contributed by atoms with Crippen LogP contribution < -0.4 is 15.2 Å². The minimum absolute atomic E-state index is 0.0888. The van der Waals surface area contributed by atoms with Crippen LogP contribution in [-0.2, 0) is 0 Å². The van der Waals surface area contributed by atoms with Crippen LogP contribution in [0.2, 0.25) is 0 Å². The van der Waals surface area contributed by atoms with Crippen LogP contribution in [0.15, 0.2) is 24.3 Å². The molecule has 0 atom stereocenters. The Balaban J connectivity index is 2.39. The van der Waals surface area contributed by atoms with Gasteiger partial charge in [-0.2, -0.15) is 4.98 Å². The lowest BCUT2D eigenvalue weighted by atomic mass is 10.3. The van der Waals surface area contributed by atoms with Crippen LogP contribution in [0, 0.1) is 17.0 Å². The standard InChI is InChI=1S/C13H14N4O4/c1-3-20-9-5-4-6-10(7-9)21-12-11(17(18)19)8(2)15-13(14)16-12/h4-7H,3H2,1-2H3,(H2,14,15,16). The van der Waals surface area contributed by atoms with Gasteiger partial charge in [-0.3, -0.25) is 10.1 Å². The molecule has 0 amide bonds. The number of hydrogen-bond acceptors (Lipinski definition) is 7. The lowest BCUT2D eigenvalue weighted by Gasteiger charge is -2.09. The molecule has 21 heavy (non-hydrogen) atoms. The van der Waals surface area contributed by atoms with Crippen LogP contribution in [0.3, 0.4) is 0 Å². The maximum absolute atomic E-state index is 11.1. The van der Waals surface area contributed by atoms with Gasteiger partial charge in [0, 0.05) is 6.07 Å². The molecule has 0 saturated carbocycles. The van der Waals surface area contributed by atoms with Gasteiger partial charge >= 0.3 is 11.6 Å². The first-order valence-electron chi connectivity index (χ1n) is 6.20. The highest BCUT2D eigenvalue weighted by molar-refractivity contribution is 5.49. The SMILES string of the molecule is CCOc1cccc(Oc2nc(N)nc(C)c2[N+](=O)[O-])c1. The van der Waals surface area contributed by atoms with Crippen LogP contribution in [0.4, 0.5) is 11.6 Å². The van der Waals surface area contributed by atoms with E-state index in [-0.39, 0.29) is 23.2 Å². The zero-order chi connectivity index (χ0) is 15.4. The molecule has 0 saturated heterocycles. The summed E-state index contributed by atoms with van der Waals surface area (Å²) in [4.78, 5) is 18.0. The zero-order valence-corrected chi connectivity index (χ0v) is 11.6. The summed E-state index contributed by atoms with van der Waals surface area (Å²) in [6.07, 6.45) is 0. The van der Waals surface area contributed by atoms with Gasteiger partial charge in [-0.05, 0) is 26.0 Å². The van der Waals surface area contributed by atoms with Crippen LogP contribution >= 0.6 is 0 Å². The highest BCUT2D eigenvalue weighted by Gasteiger charge is 2.23. The maximum Gasteiger partial charge on any atom is 0.352 e. The number of nitrogens with two attached hydrogens (primary N) is 1. The summed E-state index contributed by atoms with van der Waals surface area (Å²) in [6.45, 7) is 3.83. The van der Waals surface area contributed by atoms with Crippen LogP contribution in [0.1, 0.15) is 12.6 Å². The Kier molecular flexibility index (Phi) is 4.17. The molecular formula is C13H14N4O4. The Morgan fingerprint density at radius 3 is 2.71 bits per heavy atom. The first kappa shape index (κ1) is 14.5. The van der Waals surface area contributed by atoms with E-state index in [2.05, 4.69) is 9.97 Å². The van der Waals surface area contributed by atoms with E-state index in [1.54, 1.807) is 24.3 Å². The van der Waals surface area contributed by atoms with Crippen molar-refractivity contribution in [1.29, 1.82) is 0 Å². The highest BCUT2D eigenvalue weighted by atomic mass is 16.6. The smallest absolute Gasteiger partial charge is 0.352 e. The Morgan fingerprint density at radius 1 is 1.33 bits per heavy atom. The molecule has 0 spiro atoms. The normalized spacial score (nSPS) is 10.2. The van der Waals surface area contributed by atoms with Crippen LogP contribution in [0.25, 0.3) is 0 Å². The number of aryl methyl sites for hydroxylation is 1. The van der Waals surface area contributed by atoms with E-state index >= 15 is 0 Å². The summed E-state index contributed by atoms with van der Waals surface area (Å²) in [6, 6.07) is 6.72. The number of benzene rings is 1. The van der Waals surface area contributed by atoms with Crippen molar-refractivity contribution < 1.29 is 14.4 Å². The van der Waals surface area contributed by atoms with E-state index in [0.29, 0.717) is 18.1 Å². The van der Waals surface area contributed by atoms with Crippen LogP contribution in [-0.4, -0.2) is 21.5 Å². The number of aromatic nitrogens is 2. The van der Waals surface area contributed by atoms with E-state index < -0.39 is 4.92 Å². The lowest BCUT2D eigenvalue weighted by Crippen LogP contribution is -2.04. The van der Waals surface area contributed by atoms with E-state index in [4.69, 9.17) is 15.2 Å². The Labute approximate surface area is 120 Å². The van der Waals surface area contributed by atoms with Crippen molar-refractivity contribution in [1.82, 2.24) is 9.97 Å². The number of rotatable bonds is 5. The Hall–Kier alpha value is -2.90. The summed E-state index contributed by atoms with van der Waals surface area (Å²) in [5.41, 5.74) is 5.34. The average Bonchev–Trinajstić information content (AvgIpc) is 2.38. The van der Waals surface area contributed by atoms with E-state index in [1.165, 1.54) is 6.92 Å². The van der Waals surface area contributed by atoms with Gasteiger partial charge in [0.15, 0.2) is 0 Å². The minimum atomic E-state index is -0.601. The molecule has 2 N–H and O–H groups in total. The second-order valence-electron chi connectivity index (χ2n) is 4.09. The lowest BCUT2D eigenvalue weighted by molar-refractivity contribution is -0.386. The largest absolute Gasteiger partial charge is 0.494 e. The fraction of sp³-hybridized carbons (Fsp3) is 0.231. The van der Waals surface area contributed by atoms with Gasteiger partial charge < -0.3 is 15.2 Å². The molecule has 0 aliphatic rings. The van der Waals surface area contributed by atoms with Gasteiger partial charge in [0.25, 0.3) is 0 Å². The number of anilines is 1. The van der Waals surface area contributed by atoms with Crippen molar-refractivity contribution in [3.63, 3.8) is 0 Å². The molecular weight excluding hydrogens is 276 g/mol. The molecule has 8 heteroatoms. The Morgan fingerprint density at radius 2 is 2.05 bits per heavy atom. The summed E-state index contributed by atoms with van der Waals surface area (Å²) in [5, 5.41) is 11.1. The van der Waals surface area contributed by atoms with Gasteiger partial charge in [-0.15, -0.1) is 0 Å². The summed E-state index contributed by atoms with van der Waals surface area (Å²) < 4.78 is 10.8. The molecule has 8 nitrogen and oxygen atoms in total. The van der Waals surface area contributed by atoms with E-state index in [0.717, 1.165) is 0 Å². The van der Waals surface area contributed by atoms with Crippen molar-refractivity contribution in [2.45, 2.75) is 13.8 Å². The predicted octanol–water partition coefficient (Wildman–Crippen LogP) is 2.47. The molecule has 0 radical (unpaired) electrons. The predicted molar refractivity (Wildman–Crippen MR) is 75.5 cm³/mol. The summed E-state index contributed by atoms with van der Waals surface area (Å²) in [5.74, 6) is 0.672. The third-order valence-corrected chi connectivity index (χ3v) is 2.56. The first-order valence-corrected chi connectivity index (χ1v) is 6.20. The topological polar surface area (TPSA) is 113 Å². The van der Waals surface area contributed by atoms with E-state index in [9.17, 15) is 10.1 Å². The minimum Gasteiger partial charge on any atom is -0.494 e. The van der Waals surface area contributed by atoms with Crippen LogP contribution in [0.5, 0.6) is 17.4 Å². The third kappa shape index (κ3) is 3.35. The van der Waals surface area contributed by atoms with Crippen molar-refractivity contribution in [3.05, 3.63) is 40.1 Å². The fourth-order valence-electron chi connectivity index (χ4n) is 1.75.